The summed E-state index contributed by atoms with van der Waals surface area (Å²) in [6.45, 7) is 0.315. The normalized spacial score (nSPS) is 25.2. The van der Waals surface area contributed by atoms with Crippen molar-refractivity contribution in [3.05, 3.63) is 69.7 Å². The molecule has 2 aromatic carbocycles. The van der Waals surface area contributed by atoms with Crippen molar-refractivity contribution >= 4 is 34.9 Å². The minimum atomic E-state index is -0.404. The summed E-state index contributed by atoms with van der Waals surface area (Å²) in [6, 6.07) is 14.8. The molecule has 3 atom stereocenters. The van der Waals surface area contributed by atoms with Crippen LogP contribution in [-0.4, -0.2) is 29.2 Å². The number of fused-ring (bicyclic) bond motifs is 1. The predicted molar refractivity (Wildman–Crippen MR) is 96.4 cm³/mol. The molecule has 1 aliphatic heterocycles. The molecule has 2 unspecified atom stereocenters. The van der Waals surface area contributed by atoms with E-state index in [0.717, 1.165) is 11.1 Å². The molecule has 6 heteroatoms. The smallest absolute Gasteiger partial charge is 0.222 e. The second kappa shape index (κ2) is 6.13. The molecule has 1 saturated heterocycles. The summed E-state index contributed by atoms with van der Waals surface area (Å²) in [6.07, 6.45) is 0. The van der Waals surface area contributed by atoms with Crippen LogP contribution in [-0.2, 0) is 9.59 Å². The van der Waals surface area contributed by atoms with Gasteiger partial charge in [0.05, 0.1) is 18.5 Å². The number of primary amides is 1. The fourth-order valence-electron chi connectivity index (χ4n) is 3.96. The number of hydrogen-bond donors (Lipinski definition) is 1. The van der Waals surface area contributed by atoms with Crippen LogP contribution < -0.4 is 5.73 Å². The van der Waals surface area contributed by atoms with Gasteiger partial charge in [-0.15, -0.1) is 0 Å². The highest BCUT2D eigenvalue weighted by atomic mass is 35.5. The molecule has 4 rings (SSSR count). The Hall–Kier alpha value is -1.88. The third kappa shape index (κ3) is 2.84. The molecule has 2 fully saturated rings. The van der Waals surface area contributed by atoms with Gasteiger partial charge < -0.3 is 5.73 Å². The Balaban J connectivity index is 1.76. The Labute approximate surface area is 155 Å². The minimum Gasteiger partial charge on any atom is -0.369 e. The molecule has 0 radical (unpaired) electrons. The van der Waals surface area contributed by atoms with Crippen LogP contribution in [0.15, 0.2) is 48.5 Å². The number of benzene rings is 2. The molecule has 1 saturated carbocycles. The van der Waals surface area contributed by atoms with Gasteiger partial charge in [-0.25, -0.2) is 0 Å². The van der Waals surface area contributed by atoms with E-state index >= 15 is 0 Å². The van der Waals surface area contributed by atoms with Gasteiger partial charge in [-0.1, -0.05) is 47.5 Å². The molecule has 1 heterocycles. The van der Waals surface area contributed by atoms with Gasteiger partial charge in [-0.2, -0.15) is 0 Å². The molecule has 0 spiro atoms. The third-order valence-electron chi connectivity index (χ3n) is 5.11. The minimum absolute atomic E-state index is 0.0849. The van der Waals surface area contributed by atoms with Crippen molar-refractivity contribution in [3.63, 3.8) is 0 Å². The van der Waals surface area contributed by atoms with Gasteiger partial charge in [0.1, 0.15) is 0 Å². The summed E-state index contributed by atoms with van der Waals surface area (Å²) in [5, 5.41) is 1.30. The van der Waals surface area contributed by atoms with Crippen molar-refractivity contribution in [2.75, 3.05) is 6.54 Å². The Kier molecular flexibility index (Phi) is 4.07. The molecular formula is C19H16Cl2N2O2. The van der Waals surface area contributed by atoms with E-state index in [0.29, 0.717) is 16.6 Å². The van der Waals surface area contributed by atoms with Crippen molar-refractivity contribution in [2.45, 2.75) is 12.1 Å². The average Bonchev–Trinajstić information content (AvgIpc) is 3.25. The van der Waals surface area contributed by atoms with Gasteiger partial charge in [-0.3, -0.25) is 14.5 Å². The monoisotopic (exact) mass is 374 g/mol. The van der Waals surface area contributed by atoms with Crippen LogP contribution in [0.4, 0.5) is 0 Å². The van der Waals surface area contributed by atoms with Crippen molar-refractivity contribution < 1.29 is 9.59 Å². The van der Waals surface area contributed by atoms with Crippen LogP contribution in [0.5, 0.6) is 0 Å². The first-order valence-corrected chi connectivity index (χ1v) is 8.81. The zero-order valence-corrected chi connectivity index (χ0v) is 14.7. The molecule has 25 heavy (non-hydrogen) atoms. The zero-order valence-electron chi connectivity index (χ0n) is 13.2. The van der Waals surface area contributed by atoms with E-state index in [1.165, 1.54) is 0 Å². The number of hydrogen-bond acceptors (Lipinski definition) is 3. The van der Waals surface area contributed by atoms with Crippen molar-refractivity contribution in [1.82, 2.24) is 4.90 Å². The lowest BCUT2D eigenvalue weighted by molar-refractivity contribution is -0.125. The Morgan fingerprint density at radius 2 is 1.48 bits per heavy atom. The van der Waals surface area contributed by atoms with E-state index in [1.54, 1.807) is 0 Å². The van der Waals surface area contributed by atoms with Crippen molar-refractivity contribution in [3.8, 4) is 0 Å². The Morgan fingerprint density at radius 1 is 1.00 bits per heavy atom. The van der Waals surface area contributed by atoms with E-state index in [4.69, 9.17) is 28.9 Å². The fourth-order valence-corrected chi connectivity index (χ4v) is 4.22. The van der Waals surface area contributed by atoms with Gasteiger partial charge >= 0.3 is 0 Å². The van der Waals surface area contributed by atoms with Gasteiger partial charge in [0.25, 0.3) is 0 Å². The van der Waals surface area contributed by atoms with Crippen LogP contribution >= 0.6 is 23.2 Å². The number of amides is 1. The number of rotatable bonds is 4. The zero-order chi connectivity index (χ0) is 17.7. The van der Waals surface area contributed by atoms with Crippen LogP contribution in [0, 0.1) is 11.8 Å². The molecule has 1 aliphatic carbocycles. The van der Waals surface area contributed by atoms with Gasteiger partial charge in [0.15, 0.2) is 5.78 Å². The van der Waals surface area contributed by atoms with Crippen LogP contribution in [0.2, 0.25) is 10.0 Å². The number of likely N-dealkylation sites (tertiary alicyclic amines) is 1. The topological polar surface area (TPSA) is 63.4 Å². The maximum Gasteiger partial charge on any atom is 0.222 e. The van der Waals surface area contributed by atoms with Crippen molar-refractivity contribution in [1.29, 1.82) is 0 Å². The van der Waals surface area contributed by atoms with Crippen molar-refractivity contribution in [2.24, 2.45) is 17.6 Å². The number of carbonyl (C=O) groups is 2. The highest BCUT2D eigenvalue weighted by Crippen LogP contribution is 2.52. The summed E-state index contributed by atoms with van der Waals surface area (Å²) >= 11 is 12.0. The van der Waals surface area contributed by atoms with E-state index in [1.807, 2.05) is 48.5 Å². The number of Topliss-reactive ketones (excluding diaryl/α,β-unsaturated/α-hetero) is 1. The summed E-state index contributed by atoms with van der Waals surface area (Å²) < 4.78 is 0. The van der Waals surface area contributed by atoms with Gasteiger partial charge in [0, 0.05) is 22.0 Å². The number of nitrogens with zero attached hydrogens (tertiary/aromatic N) is 1. The predicted octanol–water partition coefficient (Wildman–Crippen LogP) is 3.07. The molecule has 2 N–H and O–H groups in total. The molecule has 1 amide bonds. The molecule has 128 valence electrons. The van der Waals surface area contributed by atoms with E-state index in [9.17, 15) is 9.59 Å². The molecule has 2 aliphatic rings. The summed E-state index contributed by atoms with van der Waals surface area (Å²) in [7, 11) is 0. The summed E-state index contributed by atoms with van der Waals surface area (Å²) in [5.74, 6) is -0.969. The van der Waals surface area contributed by atoms with Crippen LogP contribution in [0.25, 0.3) is 0 Å². The van der Waals surface area contributed by atoms with Crippen LogP contribution in [0.3, 0.4) is 0 Å². The first kappa shape index (κ1) is 16.6. The molecule has 2 aromatic rings. The quantitative estimate of drug-likeness (QED) is 0.894. The first-order chi connectivity index (χ1) is 12.0. The molecule has 0 aromatic heterocycles. The third-order valence-corrected chi connectivity index (χ3v) is 5.61. The lowest BCUT2D eigenvalue weighted by Gasteiger charge is -2.30. The maximum atomic E-state index is 12.3. The fraction of sp³-hybridized carbons (Fsp3) is 0.263. The summed E-state index contributed by atoms with van der Waals surface area (Å²) in [4.78, 5) is 26.1. The van der Waals surface area contributed by atoms with Gasteiger partial charge in [0.2, 0.25) is 5.91 Å². The van der Waals surface area contributed by atoms with E-state index in [-0.39, 0.29) is 29.7 Å². The molecular weight excluding hydrogens is 359 g/mol. The lowest BCUT2D eigenvalue weighted by atomic mass is 9.96. The number of piperidine rings is 1. The second-order valence-corrected chi connectivity index (χ2v) is 7.46. The van der Waals surface area contributed by atoms with Crippen LogP contribution in [0.1, 0.15) is 17.2 Å². The Bertz CT molecular complexity index is 786. The second-order valence-electron chi connectivity index (χ2n) is 6.59. The van der Waals surface area contributed by atoms with E-state index < -0.39 is 5.91 Å². The number of nitrogens with two attached hydrogens (primary N) is 1. The Morgan fingerprint density at radius 3 is 1.88 bits per heavy atom. The molecule has 0 bridgehead atoms. The van der Waals surface area contributed by atoms with Gasteiger partial charge in [-0.05, 0) is 35.4 Å². The van der Waals surface area contributed by atoms with E-state index in [2.05, 4.69) is 4.90 Å². The maximum absolute atomic E-state index is 12.3. The highest BCUT2D eigenvalue weighted by molar-refractivity contribution is 6.30. The standard InChI is InChI=1S/C19H16Cl2N2O2/c20-12-5-1-10(2-6-12)17(11-3-7-13(21)8-4-11)23-9-14(24)15-16(18(15)23)19(22)25/h1-8,15-18H,9H2,(H2,22,25)/t15?,16-,18?/m1/s1. The molecule has 4 nitrogen and oxygen atoms in total. The largest absolute Gasteiger partial charge is 0.369 e. The SMILES string of the molecule is NC(=O)[C@@H]1C2C(=O)CN(C(c3ccc(Cl)cc3)c3ccc(Cl)cc3)C21. The average molecular weight is 375 g/mol. The lowest BCUT2D eigenvalue weighted by Crippen LogP contribution is -2.35. The number of ketones is 1. The summed E-state index contributed by atoms with van der Waals surface area (Å²) in [5.41, 5.74) is 7.50. The number of halogens is 2. The number of carbonyl (C=O) groups excluding carboxylic acids is 2. The first-order valence-electron chi connectivity index (χ1n) is 8.06. The highest BCUT2D eigenvalue weighted by Gasteiger charge is 2.66.